The Balaban J connectivity index is 1.91. The fourth-order valence-corrected chi connectivity index (χ4v) is 2.53. The molecule has 1 heterocycles. The molecule has 0 spiro atoms. The van der Waals surface area contributed by atoms with Gasteiger partial charge in [0.1, 0.15) is 0 Å². The van der Waals surface area contributed by atoms with Gasteiger partial charge in [-0.1, -0.05) is 23.7 Å². The molecule has 21 heavy (non-hydrogen) atoms. The van der Waals surface area contributed by atoms with Crippen molar-refractivity contribution in [2.45, 2.75) is 25.3 Å². The summed E-state index contributed by atoms with van der Waals surface area (Å²) in [7, 11) is 0. The smallest absolute Gasteiger partial charge is 0.305 e. The second kappa shape index (κ2) is 7.43. The Bertz CT molecular complexity index is 503. The molecule has 114 valence electrons. The van der Waals surface area contributed by atoms with Crippen molar-refractivity contribution in [1.82, 2.24) is 4.90 Å². The van der Waals surface area contributed by atoms with Crippen molar-refractivity contribution in [3.8, 4) is 0 Å². The number of hydrogen-bond donors (Lipinski definition) is 1. The van der Waals surface area contributed by atoms with Gasteiger partial charge in [-0.25, -0.2) is 0 Å². The number of rotatable bonds is 5. The molecule has 1 amide bonds. The number of aryl methyl sites for hydroxylation is 1. The van der Waals surface area contributed by atoms with Crippen LogP contribution in [0, 0.1) is 0 Å². The molecule has 1 fully saturated rings. The topological polar surface area (TPSA) is 66.8 Å². The normalized spacial score (nSPS) is 18.5. The highest BCUT2D eigenvalue weighted by molar-refractivity contribution is 6.30. The highest BCUT2D eigenvalue weighted by Gasteiger charge is 2.28. The summed E-state index contributed by atoms with van der Waals surface area (Å²) in [5, 5.41) is 9.56. The molecule has 6 heteroatoms. The van der Waals surface area contributed by atoms with E-state index in [1.165, 1.54) is 0 Å². The zero-order chi connectivity index (χ0) is 15.2. The van der Waals surface area contributed by atoms with E-state index < -0.39 is 5.97 Å². The van der Waals surface area contributed by atoms with Gasteiger partial charge in [-0.3, -0.25) is 9.59 Å². The first-order valence-electron chi connectivity index (χ1n) is 6.89. The van der Waals surface area contributed by atoms with Crippen LogP contribution in [0.4, 0.5) is 0 Å². The van der Waals surface area contributed by atoms with Crippen molar-refractivity contribution >= 4 is 23.5 Å². The van der Waals surface area contributed by atoms with Crippen molar-refractivity contribution in [2.75, 3.05) is 19.8 Å². The van der Waals surface area contributed by atoms with E-state index in [2.05, 4.69) is 0 Å². The average molecular weight is 312 g/mol. The maximum atomic E-state index is 12.3. The maximum absolute atomic E-state index is 12.3. The molecule has 2 rings (SSSR count). The first kappa shape index (κ1) is 15.8. The highest BCUT2D eigenvalue weighted by Crippen LogP contribution is 2.15. The standard InChI is InChI=1S/C15H18ClNO4/c16-12-4-1-11(2-5-12)3-6-14(18)17-7-8-21-10-13(17)9-15(19)20/h1-2,4-5,13H,3,6-10H2,(H,19,20). The van der Waals surface area contributed by atoms with Crippen molar-refractivity contribution in [1.29, 1.82) is 0 Å². The van der Waals surface area contributed by atoms with E-state index >= 15 is 0 Å². The quantitative estimate of drug-likeness (QED) is 0.903. The van der Waals surface area contributed by atoms with Gasteiger partial charge in [-0.05, 0) is 24.1 Å². The van der Waals surface area contributed by atoms with E-state index in [-0.39, 0.29) is 18.4 Å². The Morgan fingerprint density at radius 2 is 2.05 bits per heavy atom. The minimum absolute atomic E-state index is 0.0282. The Hall–Kier alpha value is -1.59. The third kappa shape index (κ3) is 4.72. The summed E-state index contributed by atoms with van der Waals surface area (Å²) in [5.41, 5.74) is 1.04. The summed E-state index contributed by atoms with van der Waals surface area (Å²) in [5.74, 6) is -0.944. The molecule has 0 aliphatic carbocycles. The number of carbonyl (C=O) groups excluding carboxylic acids is 1. The molecule has 0 aromatic heterocycles. The number of amides is 1. The van der Waals surface area contributed by atoms with Crippen LogP contribution in [0.2, 0.25) is 5.02 Å². The van der Waals surface area contributed by atoms with Gasteiger partial charge in [-0.15, -0.1) is 0 Å². The number of carboxylic acids is 1. The average Bonchev–Trinajstić information content (AvgIpc) is 2.46. The van der Waals surface area contributed by atoms with Crippen LogP contribution in [0.5, 0.6) is 0 Å². The SMILES string of the molecule is O=C(O)CC1COCCN1C(=O)CCc1ccc(Cl)cc1. The van der Waals surface area contributed by atoms with E-state index in [0.717, 1.165) is 5.56 Å². The number of ether oxygens (including phenoxy) is 1. The molecule has 0 bridgehead atoms. The van der Waals surface area contributed by atoms with Gasteiger partial charge in [0.05, 0.1) is 25.7 Å². The summed E-state index contributed by atoms with van der Waals surface area (Å²) in [4.78, 5) is 24.8. The summed E-state index contributed by atoms with van der Waals surface area (Å²) >= 11 is 5.82. The van der Waals surface area contributed by atoms with Crippen molar-refractivity contribution in [3.05, 3.63) is 34.9 Å². The predicted molar refractivity (Wildman–Crippen MR) is 78.3 cm³/mol. The van der Waals surface area contributed by atoms with Gasteiger partial charge in [0.2, 0.25) is 5.91 Å². The van der Waals surface area contributed by atoms with Crippen molar-refractivity contribution in [3.63, 3.8) is 0 Å². The molecule has 1 unspecified atom stereocenters. The van der Waals surface area contributed by atoms with Crippen LogP contribution in [0.1, 0.15) is 18.4 Å². The van der Waals surface area contributed by atoms with Gasteiger partial charge in [0.15, 0.2) is 0 Å². The highest BCUT2D eigenvalue weighted by atomic mass is 35.5. The third-order valence-corrected chi connectivity index (χ3v) is 3.75. The largest absolute Gasteiger partial charge is 0.481 e. The zero-order valence-electron chi connectivity index (χ0n) is 11.6. The number of hydrogen-bond acceptors (Lipinski definition) is 3. The third-order valence-electron chi connectivity index (χ3n) is 3.50. The van der Waals surface area contributed by atoms with Gasteiger partial charge in [0.25, 0.3) is 0 Å². The number of morpholine rings is 1. The van der Waals surface area contributed by atoms with E-state index in [0.29, 0.717) is 37.6 Å². The van der Waals surface area contributed by atoms with Gasteiger partial charge in [0, 0.05) is 18.0 Å². The van der Waals surface area contributed by atoms with Crippen molar-refractivity contribution < 1.29 is 19.4 Å². The number of carbonyl (C=O) groups is 2. The minimum Gasteiger partial charge on any atom is -0.481 e. The molecule has 1 aromatic carbocycles. The second-order valence-corrected chi connectivity index (χ2v) is 5.48. The minimum atomic E-state index is -0.916. The number of aliphatic carboxylic acids is 1. The lowest BCUT2D eigenvalue weighted by Crippen LogP contribution is -2.49. The lowest BCUT2D eigenvalue weighted by Gasteiger charge is -2.35. The molecule has 1 aliphatic heterocycles. The van der Waals surface area contributed by atoms with E-state index in [1.807, 2.05) is 12.1 Å². The van der Waals surface area contributed by atoms with E-state index in [9.17, 15) is 9.59 Å². The van der Waals surface area contributed by atoms with Crippen LogP contribution < -0.4 is 0 Å². The van der Waals surface area contributed by atoms with Crippen LogP contribution in [-0.2, 0) is 20.7 Å². The lowest BCUT2D eigenvalue weighted by molar-refractivity contribution is -0.146. The monoisotopic (exact) mass is 311 g/mol. The van der Waals surface area contributed by atoms with Crippen LogP contribution in [0.3, 0.4) is 0 Å². The fourth-order valence-electron chi connectivity index (χ4n) is 2.40. The molecule has 1 aliphatic rings. The molecule has 1 saturated heterocycles. The molecule has 0 saturated carbocycles. The Labute approximate surface area is 128 Å². The second-order valence-electron chi connectivity index (χ2n) is 5.04. The Morgan fingerprint density at radius 3 is 2.71 bits per heavy atom. The molecule has 1 atom stereocenters. The molecule has 0 radical (unpaired) electrons. The Morgan fingerprint density at radius 1 is 1.33 bits per heavy atom. The summed E-state index contributed by atoms with van der Waals surface area (Å²) in [6.45, 7) is 1.21. The molecular formula is C15H18ClNO4. The van der Waals surface area contributed by atoms with Gasteiger partial charge < -0.3 is 14.7 Å². The first-order valence-corrected chi connectivity index (χ1v) is 7.27. The van der Waals surface area contributed by atoms with Crippen LogP contribution >= 0.6 is 11.6 Å². The first-order chi connectivity index (χ1) is 10.1. The van der Waals surface area contributed by atoms with Crippen molar-refractivity contribution in [2.24, 2.45) is 0 Å². The number of benzene rings is 1. The number of carboxylic acid groups (broad SMARTS) is 1. The number of halogens is 1. The Kier molecular flexibility index (Phi) is 5.59. The van der Waals surface area contributed by atoms with Gasteiger partial charge >= 0.3 is 5.97 Å². The predicted octanol–water partition coefficient (Wildman–Crippen LogP) is 1.97. The fraction of sp³-hybridized carbons (Fsp3) is 0.467. The van der Waals surface area contributed by atoms with Crippen LogP contribution in [0.25, 0.3) is 0 Å². The van der Waals surface area contributed by atoms with E-state index in [1.54, 1.807) is 17.0 Å². The summed E-state index contributed by atoms with van der Waals surface area (Å²) in [6.07, 6.45) is 0.900. The molecule has 1 N–H and O–H groups in total. The van der Waals surface area contributed by atoms with Crippen LogP contribution in [0.15, 0.2) is 24.3 Å². The molecular weight excluding hydrogens is 294 g/mol. The summed E-state index contributed by atoms with van der Waals surface area (Å²) < 4.78 is 5.27. The molecule has 5 nitrogen and oxygen atoms in total. The zero-order valence-corrected chi connectivity index (χ0v) is 12.4. The van der Waals surface area contributed by atoms with Gasteiger partial charge in [-0.2, -0.15) is 0 Å². The maximum Gasteiger partial charge on any atom is 0.305 e. The molecule has 1 aromatic rings. The lowest BCUT2D eigenvalue weighted by atomic mass is 10.1. The summed E-state index contributed by atoms with van der Waals surface area (Å²) in [6, 6.07) is 7.01. The van der Waals surface area contributed by atoms with E-state index in [4.69, 9.17) is 21.4 Å². The number of nitrogens with zero attached hydrogens (tertiary/aromatic N) is 1. The van der Waals surface area contributed by atoms with Crippen LogP contribution in [-0.4, -0.2) is 47.7 Å².